The minimum absolute atomic E-state index is 0.00369. The van der Waals surface area contributed by atoms with Gasteiger partial charge >= 0.3 is 6.03 Å². The average molecular weight is 468 g/mol. The van der Waals surface area contributed by atoms with Gasteiger partial charge in [-0.05, 0) is 29.2 Å². The number of likely N-dealkylation sites (N-methyl/N-ethyl adjacent to an activating group) is 1. The van der Waals surface area contributed by atoms with Gasteiger partial charge in [0.15, 0.2) is 0 Å². The first-order valence-corrected chi connectivity index (χ1v) is 11.4. The number of fused-ring (bicyclic) bond motifs is 1. The van der Waals surface area contributed by atoms with E-state index in [1.165, 1.54) is 17.1 Å². The second kappa shape index (κ2) is 9.80. The van der Waals surface area contributed by atoms with Gasteiger partial charge in [0.25, 0.3) is 0 Å². The van der Waals surface area contributed by atoms with Crippen molar-refractivity contribution >= 4 is 17.8 Å². The highest BCUT2D eigenvalue weighted by molar-refractivity contribution is 5.91. The van der Waals surface area contributed by atoms with E-state index in [9.17, 15) is 18.8 Å². The summed E-state index contributed by atoms with van der Waals surface area (Å²) in [6, 6.07) is 14.5. The Kier molecular flexibility index (Phi) is 6.83. The fourth-order valence-electron chi connectivity index (χ4n) is 4.67. The van der Waals surface area contributed by atoms with Crippen LogP contribution in [0.15, 0.2) is 54.6 Å². The van der Waals surface area contributed by atoms with Crippen LogP contribution in [0.3, 0.4) is 0 Å². The summed E-state index contributed by atoms with van der Waals surface area (Å²) < 4.78 is 13.4. The molecular weight excluding hydrogens is 437 g/mol. The van der Waals surface area contributed by atoms with Crippen molar-refractivity contribution in [3.8, 4) is 0 Å². The second-order valence-electron chi connectivity index (χ2n) is 9.12. The third-order valence-electron chi connectivity index (χ3n) is 6.28. The molecule has 2 saturated heterocycles. The van der Waals surface area contributed by atoms with Crippen molar-refractivity contribution in [2.75, 3.05) is 20.1 Å². The maximum atomic E-state index is 13.4. The Hall–Kier alpha value is -3.46. The third-order valence-corrected chi connectivity index (χ3v) is 6.28. The number of carbonyl (C=O) groups excluding carboxylic acids is 3. The van der Waals surface area contributed by atoms with Gasteiger partial charge in [0, 0.05) is 20.1 Å². The fraction of sp³-hybridized carbons (Fsp3) is 0.400. The molecule has 8 nitrogen and oxygen atoms in total. The lowest BCUT2D eigenvalue weighted by Gasteiger charge is -2.55. The number of halogens is 1. The Labute approximate surface area is 198 Å². The Balaban J connectivity index is 1.60. The largest absolute Gasteiger partial charge is 0.334 e. The molecule has 0 aliphatic carbocycles. The summed E-state index contributed by atoms with van der Waals surface area (Å²) >= 11 is 0. The number of piperazine rings is 1. The summed E-state index contributed by atoms with van der Waals surface area (Å²) in [6.07, 6.45) is -0.646. The van der Waals surface area contributed by atoms with Gasteiger partial charge in [-0.25, -0.2) is 19.2 Å². The number of rotatable bonds is 5. The van der Waals surface area contributed by atoms with Crippen molar-refractivity contribution in [2.24, 2.45) is 5.92 Å². The minimum atomic E-state index is -0.690. The van der Waals surface area contributed by atoms with E-state index in [1.807, 2.05) is 44.2 Å². The van der Waals surface area contributed by atoms with Crippen LogP contribution in [-0.4, -0.2) is 70.0 Å². The predicted molar refractivity (Wildman–Crippen MR) is 124 cm³/mol. The zero-order valence-electron chi connectivity index (χ0n) is 19.6. The molecule has 4 rings (SSSR count). The molecule has 0 saturated carbocycles. The molecule has 2 aromatic carbocycles. The first-order chi connectivity index (χ1) is 16.3. The lowest BCUT2D eigenvalue weighted by molar-refractivity contribution is -0.190. The van der Waals surface area contributed by atoms with Crippen molar-refractivity contribution in [1.82, 2.24) is 25.1 Å². The Morgan fingerprint density at radius 3 is 2.38 bits per heavy atom. The number of hydrazine groups is 1. The highest BCUT2D eigenvalue weighted by Crippen LogP contribution is 2.30. The van der Waals surface area contributed by atoms with Crippen LogP contribution in [0.5, 0.6) is 0 Å². The molecule has 0 bridgehead atoms. The van der Waals surface area contributed by atoms with Crippen molar-refractivity contribution in [2.45, 2.75) is 39.1 Å². The number of nitrogens with one attached hydrogen (secondary N) is 1. The smallest absolute Gasteiger partial charge is 0.333 e. The van der Waals surface area contributed by atoms with Crippen LogP contribution in [0.2, 0.25) is 0 Å². The molecule has 2 aromatic rings. The van der Waals surface area contributed by atoms with E-state index >= 15 is 0 Å². The summed E-state index contributed by atoms with van der Waals surface area (Å²) in [4.78, 5) is 43.0. The van der Waals surface area contributed by atoms with Gasteiger partial charge in [-0.15, -0.1) is 0 Å². The number of amides is 4. The van der Waals surface area contributed by atoms with E-state index < -0.39 is 12.2 Å². The predicted octanol–water partition coefficient (Wildman–Crippen LogP) is 2.42. The minimum Gasteiger partial charge on any atom is -0.333 e. The number of benzene rings is 2. The van der Waals surface area contributed by atoms with Gasteiger partial charge in [0.2, 0.25) is 11.8 Å². The summed E-state index contributed by atoms with van der Waals surface area (Å²) in [5, 5.41) is 6.07. The summed E-state index contributed by atoms with van der Waals surface area (Å²) in [7, 11) is 1.70. The molecule has 4 amide bonds. The number of urea groups is 1. The molecule has 2 fully saturated rings. The van der Waals surface area contributed by atoms with Crippen molar-refractivity contribution in [3.63, 3.8) is 0 Å². The lowest BCUT2D eigenvalue weighted by atomic mass is 9.96. The van der Waals surface area contributed by atoms with E-state index in [-0.39, 0.29) is 49.2 Å². The molecule has 0 radical (unpaired) electrons. The van der Waals surface area contributed by atoms with Crippen LogP contribution in [-0.2, 0) is 22.7 Å². The molecule has 2 atom stereocenters. The van der Waals surface area contributed by atoms with Crippen LogP contribution in [0, 0.1) is 11.7 Å². The standard InChI is InChI=1S/C25H30FN5O3/c1-17(2)23-24(33)29(14-19-9-11-20(26)12-10-19)15-21-30(23)22(32)16-28(3)31(21)25(34)27-13-18-7-5-4-6-8-18/h4-12,17,21,23H,13-16H2,1-3H3,(H,27,34)/t21-,23-/m0/s1. The van der Waals surface area contributed by atoms with Crippen molar-refractivity contribution < 1.29 is 18.8 Å². The topological polar surface area (TPSA) is 76.2 Å². The van der Waals surface area contributed by atoms with Crippen molar-refractivity contribution in [3.05, 3.63) is 71.5 Å². The number of carbonyl (C=O) groups is 3. The Morgan fingerprint density at radius 1 is 1.06 bits per heavy atom. The molecular formula is C25H30FN5O3. The maximum Gasteiger partial charge on any atom is 0.334 e. The Bertz CT molecular complexity index is 1050. The first-order valence-electron chi connectivity index (χ1n) is 11.4. The number of nitrogens with zero attached hydrogens (tertiary/aromatic N) is 4. The van der Waals surface area contributed by atoms with Gasteiger partial charge < -0.3 is 15.1 Å². The van der Waals surface area contributed by atoms with Crippen molar-refractivity contribution in [1.29, 1.82) is 0 Å². The van der Waals surface area contributed by atoms with E-state index in [1.54, 1.807) is 34.0 Å². The lowest BCUT2D eigenvalue weighted by Crippen LogP contribution is -2.76. The van der Waals surface area contributed by atoms with E-state index in [4.69, 9.17) is 0 Å². The third kappa shape index (κ3) is 4.75. The fourth-order valence-corrected chi connectivity index (χ4v) is 4.67. The molecule has 2 aliphatic heterocycles. The zero-order chi connectivity index (χ0) is 24.4. The van der Waals surface area contributed by atoms with Gasteiger partial charge in [0.1, 0.15) is 18.0 Å². The van der Waals surface area contributed by atoms with Crippen LogP contribution < -0.4 is 5.32 Å². The molecule has 0 aromatic heterocycles. The molecule has 34 heavy (non-hydrogen) atoms. The molecule has 1 N–H and O–H groups in total. The number of hydrogen-bond donors (Lipinski definition) is 1. The second-order valence-corrected chi connectivity index (χ2v) is 9.12. The van der Waals surface area contributed by atoms with E-state index in [0.717, 1.165) is 11.1 Å². The summed E-state index contributed by atoms with van der Waals surface area (Å²) in [5.74, 6) is -0.848. The van der Waals surface area contributed by atoms with E-state index in [0.29, 0.717) is 6.54 Å². The molecule has 2 aliphatic rings. The molecule has 0 spiro atoms. The normalized spacial score (nSPS) is 21.1. The Morgan fingerprint density at radius 2 is 1.74 bits per heavy atom. The highest BCUT2D eigenvalue weighted by Gasteiger charge is 2.51. The van der Waals surface area contributed by atoms with Crippen LogP contribution >= 0.6 is 0 Å². The first kappa shape index (κ1) is 23.7. The van der Waals surface area contributed by atoms with Crippen LogP contribution in [0.1, 0.15) is 25.0 Å². The molecule has 9 heteroatoms. The van der Waals surface area contributed by atoms with Gasteiger partial charge in [-0.2, -0.15) is 0 Å². The monoisotopic (exact) mass is 467 g/mol. The average Bonchev–Trinajstić information content (AvgIpc) is 2.80. The molecule has 180 valence electrons. The molecule has 0 unspecified atom stereocenters. The maximum absolute atomic E-state index is 13.4. The zero-order valence-corrected chi connectivity index (χ0v) is 19.6. The van der Waals surface area contributed by atoms with Gasteiger partial charge in [-0.1, -0.05) is 56.3 Å². The highest BCUT2D eigenvalue weighted by atomic mass is 19.1. The number of hydrogen-bond acceptors (Lipinski definition) is 4. The summed E-state index contributed by atoms with van der Waals surface area (Å²) in [6.45, 7) is 4.57. The van der Waals surface area contributed by atoms with Crippen LogP contribution in [0.4, 0.5) is 9.18 Å². The SMILES string of the molecule is CC(C)[C@H]1C(=O)N(Cc2ccc(F)cc2)C[C@H]2N1C(=O)CN(C)N2C(=O)NCc1ccccc1. The summed E-state index contributed by atoms with van der Waals surface area (Å²) in [5.41, 5.74) is 1.74. The van der Waals surface area contributed by atoms with E-state index in [2.05, 4.69) is 5.32 Å². The van der Waals surface area contributed by atoms with Gasteiger partial charge in [-0.3, -0.25) is 9.59 Å². The van der Waals surface area contributed by atoms with Crippen LogP contribution in [0.25, 0.3) is 0 Å². The quantitative estimate of drug-likeness (QED) is 0.733. The van der Waals surface area contributed by atoms with Gasteiger partial charge in [0.05, 0.1) is 13.1 Å². The molecule has 2 heterocycles.